The Bertz CT molecular complexity index is 957. The summed E-state index contributed by atoms with van der Waals surface area (Å²) in [5.74, 6) is 1.40. The maximum absolute atomic E-state index is 13.2. The highest BCUT2D eigenvalue weighted by Crippen LogP contribution is 2.62. The van der Waals surface area contributed by atoms with Crippen molar-refractivity contribution in [3.8, 4) is 0 Å². The number of fused-ring (bicyclic) bond motifs is 1. The summed E-state index contributed by atoms with van der Waals surface area (Å²) in [5, 5.41) is 1.87. The van der Waals surface area contributed by atoms with Crippen LogP contribution in [0.2, 0.25) is 5.04 Å². The average molecular weight is 477 g/mol. The highest BCUT2D eigenvalue weighted by Gasteiger charge is 2.57. The molecule has 0 spiro atoms. The first-order valence-corrected chi connectivity index (χ1v) is 15.2. The maximum atomic E-state index is 13.2. The first-order chi connectivity index (χ1) is 15.9. The molecule has 4 rings (SSSR count). The van der Waals surface area contributed by atoms with Crippen molar-refractivity contribution < 1.29 is 9.59 Å². The first-order valence-electron chi connectivity index (χ1n) is 13.3. The van der Waals surface area contributed by atoms with Gasteiger partial charge in [0, 0.05) is 12.3 Å². The van der Waals surface area contributed by atoms with Gasteiger partial charge in [-0.15, -0.1) is 0 Å². The van der Waals surface area contributed by atoms with E-state index in [9.17, 15) is 9.59 Å². The van der Waals surface area contributed by atoms with Crippen LogP contribution in [-0.4, -0.2) is 18.9 Å². The van der Waals surface area contributed by atoms with Gasteiger partial charge in [-0.05, 0) is 63.8 Å². The van der Waals surface area contributed by atoms with Crippen LogP contribution in [0.3, 0.4) is 0 Å². The van der Waals surface area contributed by atoms with E-state index in [0.29, 0.717) is 17.6 Å². The van der Waals surface area contributed by atoms with Crippen molar-refractivity contribution >= 4 is 24.5 Å². The fourth-order valence-electron chi connectivity index (χ4n) is 7.89. The molecule has 2 aliphatic carbocycles. The van der Waals surface area contributed by atoms with E-state index in [0.717, 1.165) is 29.6 Å². The van der Waals surface area contributed by atoms with Crippen LogP contribution in [0.4, 0.5) is 0 Å². The molecule has 2 saturated carbocycles. The lowest BCUT2D eigenvalue weighted by molar-refractivity contribution is -0.148. The smallest absolute Gasteiger partial charge is 0.258 e. The van der Waals surface area contributed by atoms with Crippen LogP contribution in [0.1, 0.15) is 80.1 Å². The van der Waals surface area contributed by atoms with Crippen molar-refractivity contribution in [2.45, 2.75) is 85.1 Å². The van der Waals surface area contributed by atoms with Gasteiger partial charge in [0.1, 0.15) is 5.78 Å². The predicted octanol–water partition coefficient (Wildman–Crippen LogP) is 6.36. The molecule has 2 fully saturated rings. The van der Waals surface area contributed by atoms with Crippen molar-refractivity contribution in [1.29, 1.82) is 0 Å². The minimum Gasteiger partial charge on any atom is -0.424 e. The molecular weight excluding hydrogens is 432 g/mol. The molecule has 0 aliphatic heterocycles. The molecule has 1 N–H and O–H groups in total. The van der Waals surface area contributed by atoms with Crippen molar-refractivity contribution in [1.82, 2.24) is 0 Å². The molecule has 3 heteroatoms. The van der Waals surface area contributed by atoms with E-state index in [2.05, 4.69) is 65.8 Å². The number of benzene rings is 2. The summed E-state index contributed by atoms with van der Waals surface area (Å²) in [4.78, 5) is 25.8. The van der Waals surface area contributed by atoms with Gasteiger partial charge < -0.3 is 4.80 Å². The van der Waals surface area contributed by atoms with Gasteiger partial charge in [0.05, 0.1) is 0 Å². The monoisotopic (exact) mass is 476 g/mol. The lowest BCUT2D eigenvalue weighted by Crippen LogP contribution is -2.65. The third kappa shape index (κ3) is 4.13. The van der Waals surface area contributed by atoms with E-state index in [-0.39, 0.29) is 21.8 Å². The molecule has 34 heavy (non-hydrogen) atoms. The van der Waals surface area contributed by atoms with Gasteiger partial charge in [-0.2, -0.15) is 0 Å². The van der Waals surface area contributed by atoms with E-state index >= 15 is 0 Å². The Morgan fingerprint density at radius 1 is 0.941 bits per heavy atom. The normalized spacial score (nSPS) is 29.5. The Hall–Kier alpha value is -1.71. The number of ketones is 1. The van der Waals surface area contributed by atoms with Crippen LogP contribution in [-0.2, 0) is 4.79 Å². The van der Waals surface area contributed by atoms with Crippen molar-refractivity contribution in [2.24, 2.45) is 28.6 Å². The van der Waals surface area contributed by atoms with Crippen LogP contribution in [0.5, 0.6) is 0 Å². The largest absolute Gasteiger partial charge is 0.424 e. The number of carbonyl (C=O) groups is 1. The second kappa shape index (κ2) is 9.06. The number of Topliss-reactive ketones (excluding diaryl/α,β-unsaturated/α-hetero) is 1. The summed E-state index contributed by atoms with van der Waals surface area (Å²) < 4.78 is 0. The highest BCUT2D eigenvalue weighted by atomic mass is 28.4. The summed E-state index contributed by atoms with van der Waals surface area (Å²) in [5.41, 5.74) is 0.421. The van der Waals surface area contributed by atoms with Crippen LogP contribution in [0.15, 0.2) is 60.7 Å². The summed E-state index contributed by atoms with van der Waals surface area (Å²) in [6.07, 6.45) is 6.37. The molecule has 2 aliphatic rings. The van der Waals surface area contributed by atoms with Gasteiger partial charge in [-0.3, -0.25) is 4.79 Å². The van der Waals surface area contributed by atoms with Gasteiger partial charge >= 0.3 is 0 Å². The molecule has 2 aromatic rings. The van der Waals surface area contributed by atoms with Crippen molar-refractivity contribution in [3.63, 3.8) is 0 Å². The van der Waals surface area contributed by atoms with Gasteiger partial charge in [-0.25, -0.2) is 0 Å². The third-order valence-electron chi connectivity index (χ3n) is 10.1. The topological polar surface area (TPSA) is 37.3 Å². The fraction of sp³-hybridized carbons (Fsp3) is 0.581. The quantitative estimate of drug-likeness (QED) is 0.493. The highest BCUT2D eigenvalue weighted by molar-refractivity contribution is 6.98. The molecular formula is C31H44O2Si. The average Bonchev–Trinajstić information content (AvgIpc) is 2.81. The Morgan fingerprint density at radius 3 is 2.00 bits per heavy atom. The van der Waals surface area contributed by atoms with E-state index in [1.807, 2.05) is 36.4 Å². The van der Waals surface area contributed by atoms with E-state index in [4.69, 9.17) is 0 Å². The maximum Gasteiger partial charge on any atom is 0.258 e. The first kappa shape index (κ1) is 25.4. The third-order valence-corrected chi connectivity index (χ3v) is 14.6. The summed E-state index contributed by atoms with van der Waals surface area (Å²) >= 11 is 0. The van der Waals surface area contributed by atoms with Crippen molar-refractivity contribution in [2.75, 3.05) is 0 Å². The van der Waals surface area contributed by atoms with Crippen LogP contribution in [0.25, 0.3) is 0 Å². The molecule has 0 amide bonds. The lowest BCUT2D eigenvalue weighted by atomic mass is 9.46. The van der Waals surface area contributed by atoms with Crippen LogP contribution in [0, 0.1) is 28.6 Å². The van der Waals surface area contributed by atoms with Crippen molar-refractivity contribution in [3.05, 3.63) is 60.7 Å². The fourth-order valence-corrected chi connectivity index (χ4v) is 11.6. The number of hydrogen-bond donors (Lipinski definition) is 1. The molecule has 2 nitrogen and oxygen atoms in total. The molecule has 184 valence electrons. The Labute approximate surface area is 208 Å². The van der Waals surface area contributed by atoms with Crippen LogP contribution >= 0.6 is 0 Å². The second-order valence-corrected chi connectivity index (χ2v) is 16.8. The molecule has 0 saturated heterocycles. The second-order valence-electron chi connectivity index (χ2n) is 12.8. The molecule has 1 unspecified atom stereocenters. The van der Waals surface area contributed by atoms with Gasteiger partial charge in [0.15, 0.2) is 0 Å². The predicted molar refractivity (Wildman–Crippen MR) is 145 cm³/mol. The van der Waals surface area contributed by atoms with Gasteiger partial charge in [0.25, 0.3) is 8.32 Å². The van der Waals surface area contributed by atoms with Gasteiger partial charge in [-0.1, -0.05) is 109 Å². The molecule has 0 aromatic heterocycles. The lowest BCUT2D eigenvalue weighted by Gasteiger charge is -2.59. The Kier molecular flexibility index (Phi) is 6.76. The minimum absolute atomic E-state index is 0.106. The van der Waals surface area contributed by atoms with E-state index < -0.39 is 8.32 Å². The zero-order valence-electron chi connectivity index (χ0n) is 22.1. The molecule has 4 atom stereocenters. The summed E-state index contributed by atoms with van der Waals surface area (Å²) in [6.45, 7) is 14.0. The van der Waals surface area contributed by atoms with Crippen LogP contribution < -0.4 is 10.4 Å². The molecule has 0 bridgehead atoms. The molecule has 0 heterocycles. The minimum atomic E-state index is -3.03. The van der Waals surface area contributed by atoms with Gasteiger partial charge in [0.2, 0.25) is 0 Å². The standard InChI is InChI=1S/C31H44O2Si/c1-23-26(31(6)20-13-19-29(2,3)28(31)22-27(23)32)18-21-30(4,5)34(33,24-14-9-7-10-15-24)25-16-11-8-12-17-25/h7-12,14-17,23,26,28,33H,13,18-22H2,1-6H3/t23-,26-,28?,31+/m0/s1. The molecule has 2 aromatic carbocycles. The Morgan fingerprint density at radius 2 is 1.47 bits per heavy atom. The SMILES string of the molecule is C[C@@H]1C(=O)CC2C(C)(C)CCC[C@]2(C)[C@H]1CCC(C)(C)[Si](O)(c1ccccc1)c1ccccc1. The number of rotatable bonds is 6. The summed E-state index contributed by atoms with van der Waals surface area (Å²) in [6, 6.07) is 20.7. The number of carbonyl (C=O) groups excluding carboxylic acids is 1. The molecule has 0 radical (unpaired) electrons. The van der Waals surface area contributed by atoms with E-state index in [1.54, 1.807) is 0 Å². The summed E-state index contributed by atoms with van der Waals surface area (Å²) in [7, 11) is -3.03. The number of hydrogen-bond acceptors (Lipinski definition) is 2. The Balaban J connectivity index is 1.68. The van der Waals surface area contributed by atoms with E-state index in [1.165, 1.54) is 19.3 Å². The zero-order chi connectivity index (χ0) is 24.8. The zero-order valence-corrected chi connectivity index (χ0v) is 23.1.